The van der Waals surface area contributed by atoms with E-state index in [1.807, 2.05) is 24.0 Å². The zero-order valence-corrected chi connectivity index (χ0v) is 12.4. The summed E-state index contributed by atoms with van der Waals surface area (Å²) in [6.45, 7) is 4.87. The lowest BCUT2D eigenvalue weighted by Crippen LogP contribution is -2.33. The third kappa shape index (κ3) is 3.08. The number of aromatic nitrogens is 3. The summed E-state index contributed by atoms with van der Waals surface area (Å²) >= 11 is 0. The van der Waals surface area contributed by atoms with E-state index in [0.717, 1.165) is 31.6 Å². The first-order chi connectivity index (χ1) is 10.3. The monoisotopic (exact) mass is 286 g/mol. The van der Waals surface area contributed by atoms with Gasteiger partial charge in [-0.3, -0.25) is 9.67 Å². The molecular formula is C16H22N4O. The van der Waals surface area contributed by atoms with Crippen molar-refractivity contribution >= 4 is 5.69 Å². The molecule has 1 N–H and O–H groups in total. The minimum Gasteiger partial charge on any atom is -0.394 e. The van der Waals surface area contributed by atoms with Gasteiger partial charge in [-0.05, 0) is 38.0 Å². The van der Waals surface area contributed by atoms with Crippen LogP contribution < -0.4 is 4.90 Å². The molecule has 0 bridgehead atoms. The van der Waals surface area contributed by atoms with Crippen LogP contribution in [-0.4, -0.2) is 39.6 Å². The molecule has 1 fully saturated rings. The fourth-order valence-electron chi connectivity index (χ4n) is 3.13. The van der Waals surface area contributed by atoms with Gasteiger partial charge in [0, 0.05) is 48.5 Å². The third-order valence-electron chi connectivity index (χ3n) is 4.22. The molecule has 0 aromatic carbocycles. The lowest BCUT2D eigenvalue weighted by Gasteiger charge is -2.33. The van der Waals surface area contributed by atoms with E-state index in [-0.39, 0.29) is 6.61 Å². The van der Waals surface area contributed by atoms with Crippen LogP contribution in [0.5, 0.6) is 0 Å². The SMILES string of the molecule is Cc1cc(N2CCC(c3ccnn3CCO)CC2)ccn1. The van der Waals surface area contributed by atoms with Crippen molar-refractivity contribution in [3.63, 3.8) is 0 Å². The number of piperidine rings is 1. The van der Waals surface area contributed by atoms with Gasteiger partial charge in [0.2, 0.25) is 0 Å². The van der Waals surface area contributed by atoms with Crippen molar-refractivity contribution in [1.29, 1.82) is 0 Å². The standard InChI is InChI=1S/C16H22N4O/c1-13-12-15(2-6-17-13)19-8-4-14(5-9-19)16-3-7-18-20(16)10-11-21/h2-3,6-7,12,14,21H,4-5,8-11H2,1H3. The fraction of sp³-hybridized carbons (Fsp3) is 0.500. The molecule has 5 nitrogen and oxygen atoms in total. The molecule has 0 spiro atoms. The predicted octanol–water partition coefficient (Wildman–Crippen LogP) is 1.96. The maximum absolute atomic E-state index is 9.10. The normalized spacial score (nSPS) is 16.4. The Morgan fingerprint density at radius 3 is 2.76 bits per heavy atom. The number of hydrogen-bond acceptors (Lipinski definition) is 4. The van der Waals surface area contributed by atoms with Gasteiger partial charge in [0.1, 0.15) is 0 Å². The molecule has 112 valence electrons. The highest BCUT2D eigenvalue weighted by atomic mass is 16.3. The van der Waals surface area contributed by atoms with Crippen LogP contribution in [0.15, 0.2) is 30.6 Å². The van der Waals surface area contributed by atoms with E-state index < -0.39 is 0 Å². The van der Waals surface area contributed by atoms with Crippen molar-refractivity contribution in [3.8, 4) is 0 Å². The highest BCUT2D eigenvalue weighted by Crippen LogP contribution is 2.30. The maximum Gasteiger partial charge on any atom is 0.0644 e. The quantitative estimate of drug-likeness (QED) is 0.933. The average Bonchev–Trinajstić information content (AvgIpc) is 2.96. The Labute approximate surface area is 125 Å². The summed E-state index contributed by atoms with van der Waals surface area (Å²) < 4.78 is 1.94. The van der Waals surface area contributed by atoms with E-state index in [9.17, 15) is 0 Å². The van der Waals surface area contributed by atoms with E-state index in [0.29, 0.717) is 12.5 Å². The molecule has 5 heteroatoms. The first kappa shape index (κ1) is 14.1. The van der Waals surface area contributed by atoms with Gasteiger partial charge in [-0.25, -0.2) is 0 Å². The molecule has 2 aromatic heterocycles. The molecule has 3 heterocycles. The Balaban J connectivity index is 1.66. The van der Waals surface area contributed by atoms with Crippen LogP contribution in [0.1, 0.15) is 30.1 Å². The van der Waals surface area contributed by atoms with E-state index in [1.54, 1.807) is 0 Å². The molecule has 1 aliphatic heterocycles. The number of anilines is 1. The molecule has 1 saturated heterocycles. The Kier molecular flexibility index (Phi) is 4.20. The summed E-state index contributed by atoms with van der Waals surface area (Å²) in [5.41, 5.74) is 3.59. The number of aliphatic hydroxyl groups excluding tert-OH is 1. The van der Waals surface area contributed by atoms with Crippen LogP contribution in [0.2, 0.25) is 0 Å². The molecule has 1 aliphatic rings. The summed E-state index contributed by atoms with van der Waals surface area (Å²) in [7, 11) is 0. The topological polar surface area (TPSA) is 54.2 Å². The van der Waals surface area contributed by atoms with E-state index in [2.05, 4.69) is 33.2 Å². The molecule has 21 heavy (non-hydrogen) atoms. The third-order valence-corrected chi connectivity index (χ3v) is 4.22. The second-order valence-corrected chi connectivity index (χ2v) is 5.62. The number of pyridine rings is 1. The Bertz CT molecular complexity index is 587. The molecule has 3 rings (SSSR count). The van der Waals surface area contributed by atoms with E-state index >= 15 is 0 Å². The van der Waals surface area contributed by atoms with Crippen LogP contribution in [0.25, 0.3) is 0 Å². The van der Waals surface area contributed by atoms with Crippen LogP contribution >= 0.6 is 0 Å². The molecule has 0 saturated carbocycles. The van der Waals surface area contributed by atoms with Gasteiger partial charge in [-0.1, -0.05) is 0 Å². The molecular weight excluding hydrogens is 264 g/mol. The van der Waals surface area contributed by atoms with Crippen LogP contribution in [0, 0.1) is 6.92 Å². The van der Waals surface area contributed by atoms with Gasteiger partial charge in [0.15, 0.2) is 0 Å². The van der Waals surface area contributed by atoms with Crippen molar-refractivity contribution in [3.05, 3.63) is 42.0 Å². The minimum absolute atomic E-state index is 0.143. The number of hydrogen-bond donors (Lipinski definition) is 1. The van der Waals surface area contributed by atoms with Crippen molar-refractivity contribution in [2.24, 2.45) is 0 Å². The number of rotatable bonds is 4. The Morgan fingerprint density at radius 1 is 1.24 bits per heavy atom. The summed E-state index contributed by atoms with van der Waals surface area (Å²) in [4.78, 5) is 6.69. The Hall–Kier alpha value is -1.88. The largest absolute Gasteiger partial charge is 0.394 e. The lowest BCUT2D eigenvalue weighted by molar-refractivity contribution is 0.265. The van der Waals surface area contributed by atoms with Crippen molar-refractivity contribution in [1.82, 2.24) is 14.8 Å². The summed E-state index contributed by atoms with van der Waals surface area (Å²) in [6, 6.07) is 6.33. The van der Waals surface area contributed by atoms with E-state index in [4.69, 9.17) is 5.11 Å². The maximum atomic E-state index is 9.10. The average molecular weight is 286 g/mol. The second kappa shape index (κ2) is 6.26. The number of aryl methyl sites for hydroxylation is 1. The first-order valence-electron chi connectivity index (χ1n) is 7.58. The van der Waals surface area contributed by atoms with Gasteiger partial charge in [-0.15, -0.1) is 0 Å². The van der Waals surface area contributed by atoms with Crippen LogP contribution in [0.3, 0.4) is 0 Å². The lowest BCUT2D eigenvalue weighted by atomic mass is 9.93. The molecule has 0 unspecified atom stereocenters. The molecule has 0 amide bonds. The first-order valence-corrected chi connectivity index (χ1v) is 7.58. The van der Waals surface area contributed by atoms with Crippen LogP contribution in [0.4, 0.5) is 5.69 Å². The van der Waals surface area contributed by atoms with Gasteiger partial charge in [0.25, 0.3) is 0 Å². The minimum atomic E-state index is 0.143. The predicted molar refractivity (Wildman–Crippen MR) is 82.5 cm³/mol. The van der Waals surface area contributed by atoms with Gasteiger partial charge in [-0.2, -0.15) is 5.10 Å². The van der Waals surface area contributed by atoms with E-state index in [1.165, 1.54) is 11.4 Å². The zero-order chi connectivity index (χ0) is 14.7. The smallest absolute Gasteiger partial charge is 0.0644 e. The highest BCUT2D eigenvalue weighted by Gasteiger charge is 2.23. The number of aliphatic hydroxyl groups is 1. The number of nitrogens with zero attached hydrogens (tertiary/aromatic N) is 4. The summed E-state index contributed by atoms with van der Waals surface area (Å²) in [6.07, 6.45) is 5.97. The van der Waals surface area contributed by atoms with Gasteiger partial charge >= 0.3 is 0 Å². The highest BCUT2D eigenvalue weighted by molar-refractivity contribution is 5.46. The van der Waals surface area contributed by atoms with Crippen molar-refractivity contribution in [2.45, 2.75) is 32.2 Å². The summed E-state index contributed by atoms with van der Waals surface area (Å²) in [5, 5.41) is 13.4. The summed E-state index contributed by atoms with van der Waals surface area (Å²) in [5.74, 6) is 0.540. The zero-order valence-electron chi connectivity index (χ0n) is 12.4. The van der Waals surface area contributed by atoms with Crippen molar-refractivity contribution in [2.75, 3.05) is 24.6 Å². The fourth-order valence-corrected chi connectivity index (χ4v) is 3.13. The molecule has 0 radical (unpaired) electrons. The Morgan fingerprint density at radius 2 is 2.05 bits per heavy atom. The molecule has 0 aliphatic carbocycles. The van der Waals surface area contributed by atoms with Crippen LogP contribution in [-0.2, 0) is 6.54 Å². The van der Waals surface area contributed by atoms with Gasteiger partial charge < -0.3 is 10.0 Å². The second-order valence-electron chi connectivity index (χ2n) is 5.62. The molecule has 0 atom stereocenters. The molecule has 2 aromatic rings. The van der Waals surface area contributed by atoms with Crippen molar-refractivity contribution < 1.29 is 5.11 Å². The van der Waals surface area contributed by atoms with Gasteiger partial charge in [0.05, 0.1) is 13.2 Å².